The third-order valence-corrected chi connectivity index (χ3v) is 7.77. The number of hydrogen-bond acceptors (Lipinski definition) is 5. The van der Waals surface area contributed by atoms with Crippen LogP contribution in [0.1, 0.15) is 11.1 Å². The van der Waals surface area contributed by atoms with E-state index in [1.54, 1.807) is 6.07 Å². The minimum Gasteiger partial charge on any atom is -0.341 e. The molecule has 4 nitrogen and oxygen atoms in total. The molecule has 2 aliphatic rings. The van der Waals surface area contributed by atoms with Crippen LogP contribution < -0.4 is 0 Å². The van der Waals surface area contributed by atoms with Gasteiger partial charge in [0.15, 0.2) is 15.0 Å². The Balaban J connectivity index is 1.54. The van der Waals surface area contributed by atoms with Crippen molar-refractivity contribution < 1.29 is 12.8 Å². The highest BCUT2D eigenvalue weighted by atomic mass is 35.5. The zero-order valence-corrected chi connectivity index (χ0v) is 16.8. The van der Waals surface area contributed by atoms with Crippen LogP contribution in [0.15, 0.2) is 53.5 Å². The lowest BCUT2D eigenvalue weighted by Crippen LogP contribution is -2.38. The summed E-state index contributed by atoms with van der Waals surface area (Å²) in [5.74, 6) is 0.541. The summed E-state index contributed by atoms with van der Waals surface area (Å²) < 4.78 is 37.5. The highest BCUT2D eigenvalue weighted by molar-refractivity contribution is 8.13. The summed E-state index contributed by atoms with van der Waals surface area (Å²) >= 11 is 7.48. The van der Waals surface area contributed by atoms with E-state index in [0.29, 0.717) is 17.3 Å². The normalized spacial score (nSPS) is 23.3. The topological polar surface area (TPSA) is 49.7 Å². The quantitative estimate of drug-likeness (QED) is 0.750. The van der Waals surface area contributed by atoms with Gasteiger partial charge in [-0.15, -0.1) is 0 Å². The van der Waals surface area contributed by atoms with Crippen LogP contribution in [0.2, 0.25) is 5.02 Å². The Hall–Kier alpha value is -1.57. The minimum atomic E-state index is -3.06. The maximum absolute atomic E-state index is 13.4. The number of rotatable bonds is 4. The van der Waals surface area contributed by atoms with E-state index in [9.17, 15) is 12.8 Å². The first kappa shape index (κ1) is 18.8. The average Bonchev–Trinajstić information content (AvgIpc) is 3.07. The highest BCUT2D eigenvalue weighted by Crippen LogP contribution is 2.33. The molecule has 2 atom stereocenters. The highest BCUT2D eigenvalue weighted by Gasteiger charge is 2.46. The third-order valence-electron chi connectivity index (χ3n) is 4.74. The number of nitrogens with zero attached hydrogens (tertiary/aromatic N) is 2. The molecule has 0 saturated carbocycles. The summed E-state index contributed by atoms with van der Waals surface area (Å²) in [6, 6.07) is 13.7. The van der Waals surface area contributed by atoms with Crippen LogP contribution in [-0.2, 0) is 22.1 Å². The SMILES string of the molecule is O=S1(=O)C[C@@H]2[C@@H](C1)N=C(SCc1cccc(F)c1)N2Cc1ccc(Cl)cc1. The fourth-order valence-corrected chi connectivity index (χ4v) is 6.51. The van der Waals surface area contributed by atoms with Crippen molar-refractivity contribution in [3.63, 3.8) is 0 Å². The second kappa shape index (κ2) is 7.45. The molecule has 2 heterocycles. The molecule has 1 saturated heterocycles. The molecule has 0 aromatic heterocycles. The lowest BCUT2D eigenvalue weighted by molar-refractivity contribution is 0.343. The van der Waals surface area contributed by atoms with Gasteiger partial charge in [-0.2, -0.15) is 0 Å². The van der Waals surface area contributed by atoms with E-state index in [1.807, 2.05) is 30.3 Å². The van der Waals surface area contributed by atoms with E-state index in [0.717, 1.165) is 16.3 Å². The average molecular weight is 425 g/mol. The van der Waals surface area contributed by atoms with Gasteiger partial charge >= 0.3 is 0 Å². The first-order valence-corrected chi connectivity index (χ1v) is 11.7. The molecule has 2 aliphatic heterocycles. The van der Waals surface area contributed by atoms with Crippen LogP contribution in [0, 0.1) is 5.82 Å². The van der Waals surface area contributed by atoms with Gasteiger partial charge < -0.3 is 4.90 Å². The summed E-state index contributed by atoms with van der Waals surface area (Å²) in [7, 11) is -3.06. The van der Waals surface area contributed by atoms with Crippen LogP contribution in [0.4, 0.5) is 4.39 Å². The Morgan fingerprint density at radius 3 is 2.67 bits per heavy atom. The van der Waals surface area contributed by atoms with Gasteiger partial charge in [-0.3, -0.25) is 4.99 Å². The zero-order valence-electron chi connectivity index (χ0n) is 14.4. The van der Waals surface area contributed by atoms with Crippen molar-refractivity contribution in [3.8, 4) is 0 Å². The second-order valence-electron chi connectivity index (χ2n) is 6.80. The molecule has 142 valence electrons. The Morgan fingerprint density at radius 1 is 1.15 bits per heavy atom. The van der Waals surface area contributed by atoms with Gasteiger partial charge in [-0.05, 0) is 35.4 Å². The molecule has 4 rings (SSSR count). The predicted molar refractivity (Wildman–Crippen MR) is 108 cm³/mol. The molecule has 0 N–H and O–H groups in total. The van der Waals surface area contributed by atoms with Crippen molar-refractivity contribution in [3.05, 3.63) is 70.5 Å². The van der Waals surface area contributed by atoms with E-state index >= 15 is 0 Å². The summed E-state index contributed by atoms with van der Waals surface area (Å²) in [5.41, 5.74) is 1.92. The summed E-state index contributed by atoms with van der Waals surface area (Å²) in [6.07, 6.45) is 0. The summed E-state index contributed by atoms with van der Waals surface area (Å²) in [4.78, 5) is 6.76. The molecule has 2 aromatic rings. The Bertz CT molecular complexity index is 979. The Kier molecular flexibility index (Phi) is 5.18. The van der Waals surface area contributed by atoms with E-state index in [1.165, 1.54) is 23.9 Å². The smallest absolute Gasteiger partial charge is 0.160 e. The van der Waals surface area contributed by atoms with Crippen LogP contribution in [-0.4, -0.2) is 42.1 Å². The fourth-order valence-electron chi connectivity index (χ4n) is 3.46. The van der Waals surface area contributed by atoms with Crippen molar-refractivity contribution in [2.24, 2.45) is 4.99 Å². The number of sulfone groups is 1. The van der Waals surface area contributed by atoms with Crippen molar-refractivity contribution in [2.45, 2.75) is 24.4 Å². The van der Waals surface area contributed by atoms with E-state index < -0.39 is 9.84 Å². The molecule has 0 radical (unpaired) electrons. The van der Waals surface area contributed by atoms with Gasteiger partial charge in [0.2, 0.25) is 0 Å². The summed E-state index contributed by atoms with van der Waals surface area (Å²) in [5, 5.41) is 1.48. The van der Waals surface area contributed by atoms with Gasteiger partial charge in [-0.1, -0.05) is 47.6 Å². The number of thioether (sulfide) groups is 1. The largest absolute Gasteiger partial charge is 0.341 e. The van der Waals surface area contributed by atoms with Crippen LogP contribution >= 0.6 is 23.4 Å². The molecule has 0 spiro atoms. The molecule has 8 heteroatoms. The molecule has 0 bridgehead atoms. The van der Waals surface area contributed by atoms with Gasteiger partial charge in [0, 0.05) is 17.3 Å². The lowest BCUT2D eigenvalue weighted by atomic mass is 10.1. The maximum atomic E-state index is 13.4. The van der Waals surface area contributed by atoms with Gasteiger partial charge in [0.25, 0.3) is 0 Å². The minimum absolute atomic E-state index is 0.0960. The number of benzene rings is 2. The predicted octanol–water partition coefficient (Wildman–Crippen LogP) is 3.75. The van der Waals surface area contributed by atoms with Crippen LogP contribution in [0.25, 0.3) is 0 Å². The van der Waals surface area contributed by atoms with Crippen molar-refractivity contribution >= 4 is 38.4 Å². The van der Waals surface area contributed by atoms with Crippen molar-refractivity contribution in [1.82, 2.24) is 4.90 Å². The van der Waals surface area contributed by atoms with Gasteiger partial charge in [0.1, 0.15) is 5.82 Å². The van der Waals surface area contributed by atoms with Crippen LogP contribution in [0.3, 0.4) is 0 Å². The molecule has 0 unspecified atom stereocenters. The Morgan fingerprint density at radius 2 is 1.93 bits per heavy atom. The standard InChI is InChI=1S/C19H18ClFN2O2S2/c20-15-6-4-13(5-7-15)9-23-18-12-27(24,25)11-17(18)22-19(23)26-10-14-2-1-3-16(21)8-14/h1-8,17-18H,9-12H2/t17-,18-/m1/s1. The lowest BCUT2D eigenvalue weighted by Gasteiger charge is -2.26. The zero-order chi connectivity index (χ0) is 19.0. The number of halogens is 2. The monoisotopic (exact) mass is 424 g/mol. The molecule has 1 fully saturated rings. The van der Waals surface area contributed by atoms with E-state index in [-0.39, 0.29) is 29.4 Å². The molecule has 0 amide bonds. The van der Waals surface area contributed by atoms with E-state index in [2.05, 4.69) is 9.89 Å². The third kappa shape index (κ3) is 4.31. The van der Waals surface area contributed by atoms with E-state index in [4.69, 9.17) is 11.6 Å². The van der Waals surface area contributed by atoms with Gasteiger partial charge in [-0.25, -0.2) is 12.8 Å². The van der Waals surface area contributed by atoms with Crippen molar-refractivity contribution in [1.29, 1.82) is 0 Å². The number of amidine groups is 1. The fraction of sp³-hybridized carbons (Fsp3) is 0.316. The number of aliphatic imine (C=N–C) groups is 1. The number of fused-ring (bicyclic) bond motifs is 1. The first-order chi connectivity index (χ1) is 12.9. The molecule has 0 aliphatic carbocycles. The molecule has 2 aromatic carbocycles. The first-order valence-electron chi connectivity index (χ1n) is 8.56. The second-order valence-corrected chi connectivity index (χ2v) is 10.3. The Labute approximate surface area is 167 Å². The summed E-state index contributed by atoms with van der Waals surface area (Å²) in [6.45, 7) is 0.572. The number of hydrogen-bond donors (Lipinski definition) is 0. The molecular formula is C19H18ClFN2O2S2. The molecule has 27 heavy (non-hydrogen) atoms. The van der Waals surface area contributed by atoms with Crippen molar-refractivity contribution in [2.75, 3.05) is 11.5 Å². The van der Waals surface area contributed by atoms with Gasteiger partial charge in [0.05, 0.1) is 23.6 Å². The molecular weight excluding hydrogens is 407 g/mol. The van der Waals surface area contributed by atoms with Crippen LogP contribution in [0.5, 0.6) is 0 Å². The maximum Gasteiger partial charge on any atom is 0.160 e.